The van der Waals surface area contributed by atoms with Crippen LogP contribution in [0.4, 0.5) is 9.18 Å². The molecular formula is C23H21FN4O3. The first-order valence-electron chi connectivity index (χ1n) is 9.79. The van der Waals surface area contributed by atoms with Crippen molar-refractivity contribution in [2.45, 2.75) is 19.5 Å². The van der Waals surface area contributed by atoms with E-state index in [0.29, 0.717) is 26.1 Å². The summed E-state index contributed by atoms with van der Waals surface area (Å²) in [4.78, 5) is 31.5. The third-order valence-corrected chi connectivity index (χ3v) is 5.12. The second kappa shape index (κ2) is 8.43. The first-order chi connectivity index (χ1) is 14.9. The maximum atomic E-state index is 13.0. The van der Waals surface area contributed by atoms with Gasteiger partial charge >= 0.3 is 11.6 Å². The van der Waals surface area contributed by atoms with Gasteiger partial charge in [-0.1, -0.05) is 49.0 Å². The summed E-state index contributed by atoms with van der Waals surface area (Å²) >= 11 is 0. The summed E-state index contributed by atoms with van der Waals surface area (Å²) in [5.41, 5.74) is 1.15. The Kier molecular flexibility index (Phi) is 5.53. The molecule has 0 fully saturated rings. The van der Waals surface area contributed by atoms with Crippen molar-refractivity contribution in [1.82, 2.24) is 19.8 Å². The molecule has 158 valence electrons. The zero-order valence-corrected chi connectivity index (χ0v) is 16.7. The lowest BCUT2D eigenvalue weighted by molar-refractivity contribution is 0.186. The van der Waals surface area contributed by atoms with E-state index in [-0.39, 0.29) is 23.0 Å². The van der Waals surface area contributed by atoms with Gasteiger partial charge in [0.15, 0.2) is 0 Å². The van der Waals surface area contributed by atoms with Gasteiger partial charge in [-0.05, 0) is 23.3 Å². The highest BCUT2D eigenvalue weighted by molar-refractivity contribution is 5.79. The molecule has 1 aliphatic rings. The molecule has 0 atom stereocenters. The fraction of sp³-hybridized carbons (Fsp3) is 0.174. The van der Waals surface area contributed by atoms with Gasteiger partial charge in [0.1, 0.15) is 17.3 Å². The van der Waals surface area contributed by atoms with Crippen molar-refractivity contribution in [3.05, 3.63) is 100.0 Å². The van der Waals surface area contributed by atoms with E-state index in [1.807, 2.05) is 30.3 Å². The van der Waals surface area contributed by atoms with E-state index in [9.17, 15) is 19.1 Å². The van der Waals surface area contributed by atoms with E-state index >= 15 is 0 Å². The van der Waals surface area contributed by atoms with Crippen molar-refractivity contribution in [2.24, 2.45) is 0 Å². The van der Waals surface area contributed by atoms with Crippen LogP contribution >= 0.6 is 0 Å². The second-order valence-electron chi connectivity index (χ2n) is 7.26. The summed E-state index contributed by atoms with van der Waals surface area (Å²) in [5, 5.41) is 13.4. The maximum absolute atomic E-state index is 13.0. The average molecular weight is 420 g/mol. The van der Waals surface area contributed by atoms with Crippen LogP contribution in [-0.2, 0) is 19.5 Å². The Labute approximate surface area is 178 Å². The zero-order chi connectivity index (χ0) is 22.0. The molecule has 0 saturated carbocycles. The number of carbonyl (C=O) groups excluding carboxylic acids is 1. The van der Waals surface area contributed by atoms with Crippen molar-refractivity contribution < 1.29 is 14.3 Å². The first kappa shape index (κ1) is 20.3. The van der Waals surface area contributed by atoms with Crippen molar-refractivity contribution in [3.63, 3.8) is 0 Å². The lowest BCUT2D eigenvalue weighted by Gasteiger charge is -2.29. The minimum Gasteiger partial charge on any atom is -0.501 e. The van der Waals surface area contributed by atoms with Crippen LogP contribution in [0.3, 0.4) is 0 Å². The van der Waals surface area contributed by atoms with Crippen LogP contribution in [0.2, 0.25) is 0 Å². The van der Waals surface area contributed by atoms with Gasteiger partial charge in [-0.15, -0.1) is 0 Å². The summed E-state index contributed by atoms with van der Waals surface area (Å²) in [7, 11) is 0. The van der Waals surface area contributed by atoms with Gasteiger partial charge in [0.05, 0.1) is 5.70 Å². The number of fused-ring (bicyclic) bond motifs is 1. The molecule has 2 aromatic carbocycles. The summed E-state index contributed by atoms with van der Waals surface area (Å²) in [6.07, 6.45) is 0.367. The molecule has 8 heteroatoms. The van der Waals surface area contributed by atoms with Crippen LogP contribution in [0, 0.1) is 5.82 Å². The molecule has 0 saturated heterocycles. The van der Waals surface area contributed by atoms with Gasteiger partial charge < -0.3 is 15.3 Å². The normalized spacial score (nSPS) is 13.1. The van der Waals surface area contributed by atoms with E-state index in [4.69, 9.17) is 0 Å². The summed E-state index contributed by atoms with van der Waals surface area (Å²) < 4.78 is 14.0. The third-order valence-electron chi connectivity index (χ3n) is 5.12. The van der Waals surface area contributed by atoms with Gasteiger partial charge in [0, 0.05) is 26.1 Å². The predicted octanol–water partition coefficient (Wildman–Crippen LogP) is 2.87. The highest BCUT2D eigenvalue weighted by Gasteiger charge is 2.29. The molecule has 0 bridgehead atoms. The topological polar surface area (TPSA) is 87.5 Å². The molecule has 2 heterocycles. The number of benzene rings is 2. The quantitative estimate of drug-likeness (QED) is 0.640. The largest absolute Gasteiger partial charge is 0.501 e. The van der Waals surface area contributed by atoms with Crippen molar-refractivity contribution >= 4 is 11.7 Å². The number of aromatic nitrogens is 2. The first-order valence-corrected chi connectivity index (χ1v) is 9.79. The monoisotopic (exact) mass is 420 g/mol. The molecule has 0 radical (unpaired) electrons. The van der Waals surface area contributed by atoms with E-state index in [1.165, 1.54) is 12.1 Å². The number of rotatable bonds is 6. The number of nitrogens with one attached hydrogen (secondary N) is 1. The Hall–Kier alpha value is -3.94. The average Bonchev–Trinajstić information content (AvgIpc) is 2.78. The minimum atomic E-state index is -0.826. The fourth-order valence-corrected chi connectivity index (χ4v) is 3.45. The van der Waals surface area contributed by atoms with Crippen LogP contribution in [0.25, 0.3) is 5.70 Å². The molecule has 0 aliphatic carbocycles. The van der Waals surface area contributed by atoms with E-state index in [0.717, 1.165) is 15.7 Å². The molecule has 2 N–H and O–H groups in total. The highest BCUT2D eigenvalue weighted by Crippen LogP contribution is 2.20. The van der Waals surface area contributed by atoms with Crippen molar-refractivity contribution in [1.29, 1.82) is 0 Å². The molecule has 0 unspecified atom stereocenters. The fourth-order valence-electron chi connectivity index (χ4n) is 3.45. The standard InChI is InChI=1S/C23H21FN4O3/c1-15(25-13-16-7-9-18(24)10-8-16)20-21(29)22(30)28-19(26-20)11-12-27(23(28)31)14-17-5-3-2-4-6-17/h2-10,25,29H,1,11-14H2. The van der Waals surface area contributed by atoms with Crippen LogP contribution < -0.4 is 10.9 Å². The molecule has 1 aliphatic heterocycles. The Morgan fingerprint density at radius 1 is 1.10 bits per heavy atom. The van der Waals surface area contributed by atoms with Crippen LogP contribution in [-0.4, -0.2) is 32.1 Å². The summed E-state index contributed by atoms with van der Waals surface area (Å²) in [6.45, 7) is 4.92. The molecule has 1 aromatic heterocycles. The third kappa shape index (κ3) is 4.18. The lowest BCUT2D eigenvalue weighted by atomic mass is 10.2. The molecule has 7 nitrogen and oxygen atoms in total. The smallest absolute Gasteiger partial charge is 0.333 e. The van der Waals surface area contributed by atoms with E-state index < -0.39 is 17.3 Å². The number of carbonyl (C=O) groups is 1. The van der Waals surface area contributed by atoms with Gasteiger partial charge in [-0.2, -0.15) is 0 Å². The zero-order valence-electron chi connectivity index (χ0n) is 16.7. The van der Waals surface area contributed by atoms with Gasteiger partial charge in [0.2, 0.25) is 5.75 Å². The lowest BCUT2D eigenvalue weighted by Crippen LogP contribution is -2.47. The van der Waals surface area contributed by atoms with Crippen LogP contribution in [0.5, 0.6) is 5.75 Å². The Balaban J connectivity index is 1.55. The molecule has 1 amide bonds. The Bertz CT molecular complexity index is 1190. The highest BCUT2D eigenvalue weighted by atomic mass is 19.1. The molecule has 31 heavy (non-hydrogen) atoms. The van der Waals surface area contributed by atoms with Crippen molar-refractivity contribution in [2.75, 3.05) is 6.54 Å². The van der Waals surface area contributed by atoms with Crippen LogP contribution in [0.1, 0.15) is 22.6 Å². The Morgan fingerprint density at radius 3 is 2.52 bits per heavy atom. The SMILES string of the molecule is C=C(NCc1ccc(F)cc1)c1nc2n(c(=O)c1O)C(=O)N(Cc1ccccc1)CC2. The predicted molar refractivity (Wildman–Crippen MR) is 114 cm³/mol. The second-order valence-corrected chi connectivity index (χ2v) is 7.26. The van der Waals surface area contributed by atoms with Gasteiger partial charge in [0.25, 0.3) is 0 Å². The summed E-state index contributed by atoms with van der Waals surface area (Å²) in [5.74, 6) is -0.706. The van der Waals surface area contributed by atoms with E-state index in [1.54, 1.807) is 17.0 Å². The summed E-state index contributed by atoms with van der Waals surface area (Å²) in [6, 6.07) is 14.9. The number of nitrogens with zero attached hydrogens (tertiary/aromatic N) is 3. The van der Waals surface area contributed by atoms with Gasteiger partial charge in [-0.25, -0.2) is 18.7 Å². The minimum absolute atomic E-state index is 0.00247. The van der Waals surface area contributed by atoms with Crippen molar-refractivity contribution in [3.8, 4) is 5.75 Å². The molecule has 3 aromatic rings. The number of hydrogen-bond acceptors (Lipinski definition) is 5. The molecular weight excluding hydrogens is 399 g/mol. The van der Waals surface area contributed by atoms with Gasteiger partial charge in [-0.3, -0.25) is 4.79 Å². The Morgan fingerprint density at radius 2 is 1.81 bits per heavy atom. The molecule has 4 rings (SSSR count). The number of aromatic hydroxyl groups is 1. The number of amides is 1. The number of hydrogen-bond donors (Lipinski definition) is 2. The molecule has 0 spiro atoms. The maximum Gasteiger partial charge on any atom is 0.333 e. The number of halogens is 1. The van der Waals surface area contributed by atoms with E-state index in [2.05, 4.69) is 16.9 Å². The van der Waals surface area contributed by atoms with Crippen LogP contribution in [0.15, 0.2) is 66.0 Å².